The van der Waals surface area contributed by atoms with Gasteiger partial charge in [0, 0.05) is 0 Å². The molecule has 0 radical (unpaired) electrons. The van der Waals surface area contributed by atoms with E-state index in [4.69, 9.17) is 24.0 Å². The molecule has 0 aromatic heterocycles. The molecule has 0 amide bonds. The molecular formula is C12H17O9P. The first-order valence-electron chi connectivity index (χ1n) is 6.11. The van der Waals surface area contributed by atoms with Gasteiger partial charge in [-0.05, 0) is 0 Å². The van der Waals surface area contributed by atoms with Crippen molar-refractivity contribution >= 4 is 13.8 Å². The van der Waals surface area contributed by atoms with Gasteiger partial charge in [-0.3, -0.25) is 4.52 Å². The topological polar surface area (TPSA) is 132 Å². The number of ether oxygens (including phenoxy) is 3. The summed E-state index contributed by atoms with van der Waals surface area (Å²) in [6, 6.07) is 0. The van der Waals surface area contributed by atoms with Crippen LogP contribution in [0.2, 0.25) is 0 Å². The van der Waals surface area contributed by atoms with Crippen LogP contribution < -0.4 is 0 Å². The van der Waals surface area contributed by atoms with Crippen molar-refractivity contribution in [2.45, 2.75) is 12.2 Å². The van der Waals surface area contributed by atoms with Crippen molar-refractivity contribution in [2.75, 3.05) is 19.8 Å². The Morgan fingerprint density at radius 3 is 2.36 bits per heavy atom. The Morgan fingerprint density at radius 2 is 1.86 bits per heavy atom. The third-order valence-electron chi connectivity index (χ3n) is 2.39. The van der Waals surface area contributed by atoms with Crippen LogP contribution in [-0.4, -0.2) is 52.9 Å². The van der Waals surface area contributed by atoms with Gasteiger partial charge in [0.1, 0.15) is 19.3 Å². The van der Waals surface area contributed by atoms with Crippen LogP contribution in [0.4, 0.5) is 0 Å². The summed E-state index contributed by atoms with van der Waals surface area (Å²) in [5.74, 6) is -1.32. The highest BCUT2D eigenvalue weighted by molar-refractivity contribution is 7.46. The first-order chi connectivity index (χ1) is 10.3. The van der Waals surface area contributed by atoms with E-state index in [0.717, 1.165) is 0 Å². The summed E-state index contributed by atoms with van der Waals surface area (Å²) in [5.41, 5.74) is 0. The van der Waals surface area contributed by atoms with Crippen molar-refractivity contribution in [3.05, 3.63) is 36.8 Å². The van der Waals surface area contributed by atoms with Crippen LogP contribution >= 0.6 is 7.82 Å². The van der Waals surface area contributed by atoms with E-state index in [-0.39, 0.29) is 24.7 Å². The van der Waals surface area contributed by atoms with Gasteiger partial charge in [-0.15, -0.1) is 0 Å². The molecule has 0 aliphatic carbocycles. The maximum absolute atomic E-state index is 11.8. The lowest BCUT2D eigenvalue weighted by Gasteiger charge is -2.22. The van der Waals surface area contributed by atoms with Gasteiger partial charge in [-0.25, -0.2) is 9.36 Å². The Hall–Kier alpha value is -1.64. The minimum absolute atomic E-state index is 0.0127. The number of carbonyl (C=O) groups excluding carboxylic acids is 1. The molecule has 0 fully saturated rings. The van der Waals surface area contributed by atoms with Gasteiger partial charge in [0.25, 0.3) is 0 Å². The van der Waals surface area contributed by atoms with Crippen LogP contribution in [0.5, 0.6) is 0 Å². The Balaban J connectivity index is 3.06. The Bertz CT molecular complexity index is 507. The fraction of sp³-hybridized carbons (Fsp3) is 0.417. The Labute approximate surface area is 126 Å². The highest BCUT2D eigenvalue weighted by Crippen LogP contribution is 2.40. The predicted molar refractivity (Wildman–Crippen MR) is 73.2 cm³/mol. The molecule has 1 heterocycles. The summed E-state index contributed by atoms with van der Waals surface area (Å²) < 4.78 is 30.6. The lowest BCUT2D eigenvalue weighted by Crippen LogP contribution is -2.34. The monoisotopic (exact) mass is 336 g/mol. The molecule has 0 aromatic rings. The first kappa shape index (κ1) is 18.4. The number of rotatable bonds is 10. The number of aliphatic hydroxyl groups excluding tert-OH is 1. The Morgan fingerprint density at radius 1 is 1.27 bits per heavy atom. The number of carbonyl (C=O) groups is 1. The zero-order valence-corrected chi connectivity index (χ0v) is 12.5. The fourth-order valence-electron chi connectivity index (χ4n) is 1.63. The highest BCUT2D eigenvalue weighted by atomic mass is 31.2. The van der Waals surface area contributed by atoms with E-state index in [1.54, 1.807) is 0 Å². The number of aliphatic hydroxyl groups is 1. The average molecular weight is 336 g/mol. The third-order valence-corrected chi connectivity index (χ3v) is 2.94. The molecule has 9 nitrogen and oxygen atoms in total. The fourth-order valence-corrected chi connectivity index (χ4v) is 2.16. The minimum Gasteiger partial charge on any atom is -0.486 e. The summed E-state index contributed by atoms with van der Waals surface area (Å²) in [4.78, 5) is 29.4. The second-order valence-corrected chi connectivity index (χ2v) is 5.23. The van der Waals surface area contributed by atoms with E-state index in [9.17, 15) is 14.5 Å². The number of phosphoric ester groups is 1. The van der Waals surface area contributed by atoms with Crippen molar-refractivity contribution in [3.63, 3.8) is 0 Å². The zero-order valence-electron chi connectivity index (χ0n) is 11.6. The molecule has 0 saturated carbocycles. The van der Waals surface area contributed by atoms with Crippen molar-refractivity contribution in [2.24, 2.45) is 0 Å². The van der Waals surface area contributed by atoms with E-state index in [0.29, 0.717) is 0 Å². The molecule has 0 aromatic carbocycles. The third kappa shape index (κ3) is 4.97. The quantitative estimate of drug-likeness (QED) is 0.286. The number of phosphoric acid groups is 1. The molecule has 0 spiro atoms. The summed E-state index contributed by atoms with van der Waals surface area (Å²) in [5, 5.41) is 9.23. The van der Waals surface area contributed by atoms with Gasteiger partial charge in [0.15, 0.2) is 11.9 Å². The summed E-state index contributed by atoms with van der Waals surface area (Å²) in [6.45, 7) is 6.02. The van der Waals surface area contributed by atoms with Gasteiger partial charge >= 0.3 is 13.8 Å². The average Bonchev–Trinajstić information content (AvgIpc) is 2.75. The van der Waals surface area contributed by atoms with Crippen molar-refractivity contribution < 1.29 is 43.0 Å². The minimum atomic E-state index is -4.91. The number of cyclic esters (lactones) is 1. The van der Waals surface area contributed by atoms with Gasteiger partial charge in [0.2, 0.25) is 5.76 Å². The van der Waals surface area contributed by atoms with E-state index >= 15 is 0 Å². The van der Waals surface area contributed by atoms with E-state index in [2.05, 4.69) is 17.7 Å². The van der Waals surface area contributed by atoms with E-state index in [1.807, 2.05) is 0 Å². The lowest BCUT2D eigenvalue weighted by atomic mass is 10.2. The summed E-state index contributed by atoms with van der Waals surface area (Å²) in [7, 11) is -4.91. The zero-order chi connectivity index (χ0) is 16.8. The number of hydrogen-bond donors (Lipinski definition) is 3. The standard InChI is InChI=1S/C12H17O9P/c1-3-5-18-10-9(8(7-13)21-22(15,16)17)20-12(14)11(10)19-6-4-2/h3-4,8-9,13H,1-2,5-7H2,(H2,15,16,17)/t8-,9+/m0/s1. The maximum Gasteiger partial charge on any atom is 0.470 e. The normalized spacial score (nSPS) is 19.6. The van der Waals surface area contributed by atoms with Gasteiger partial charge in [0.05, 0.1) is 6.61 Å². The molecule has 0 bridgehead atoms. The second kappa shape index (κ2) is 8.11. The van der Waals surface area contributed by atoms with Crippen LogP contribution in [-0.2, 0) is 28.1 Å². The molecule has 1 aliphatic heterocycles. The molecule has 22 heavy (non-hydrogen) atoms. The molecule has 124 valence electrons. The van der Waals surface area contributed by atoms with Gasteiger partial charge in [-0.2, -0.15) is 0 Å². The highest BCUT2D eigenvalue weighted by Gasteiger charge is 2.44. The van der Waals surface area contributed by atoms with Crippen LogP contribution in [0.3, 0.4) is 0 Å². The van der Waals surface area contributed by atoms with Crippen LogP contribution in [0.15, 0.2) is 36.8 Å². The van der Waals surface area contributed by atoms with Crippen LogP contribution in [0.1, 0.15) is 0 Å². The van der Waals surface area contributed by atoms with Crippen LogP contribution in [0, 0.1) is 0 Å². The Kier molecular flexibility index (Phi) is 6.79. The molecular weight excluding hydrogens is 319 g/mol. The predicted octanol–water partition coefficient (Wildman–Crippen LogP) is -0.00120. The smallest absolute Gasteiger partial charge is 0.470 e. The number of esters is 1. The van der Waals surface area contributed by atoms with Crippen LogP contribution in [0.25, 0.3) is 0 Å². The maximum atomic E-state index is 11.8. The molecule has 1 aliphatic rings. The molecule has 3 N–H and O–H groups in total. The first-order valence-corrected chi connectivity index (χ1v) is 7.64. The summed E-state index contributed by atoms with van der Waals surface area (Å²) >= 11 is 0. The SMILES string of the molecule is C=CCOC1=C(OCC=C)[C@@H]([C@H](CO)OP(=O)(O)O)OC1=O. The van der Waals surface area contributed by atoms with Gasteiger partial charge in [-0.1, -0.05) is 25.3 Å². The lowest BCUT2D eigenvalue weighted by molar-refractivity contribution is -0.148. The molecule has 10 heteroatoms. The second-order valence-electron chi connectivity index (χ2n) is 4.04. The van der Waals surface area contributed by atoms with Crippen molar-refractivity contribution in [1.29, 1.82) is 0 Å². The molecule has 2 atom stereocenters. The van der Waals surface area contributed by atoms with Crippen molar-refractivity contribution in [3.8, 4) is 0 Å². The molecule has 1 rings (SSSR count). The van der Waals surface area contributed by atoms with E-state index < -0.39 is 32.6 Å². The summed E-state index contributed by atoms with van der Waals surface area (Å²) in [6.07, 6.45) is -0.108. The number of hydrogen-bond acceptors (Lipinski definition) is 7. The van der Waals surface area contributed by atoms with Crippen molar-refractivity contribution in [1.82, 2.24) is 0 Å². The largest absolute Gasteiger partial charge is 0.486 e. The molecule has 0 unspecified atom stereocenters. The van der Waals surface area contributed by atoms with E-state index in [1.165, 1.54) is 12.2 Å². The van der Waals surface area contributed by atoms with Gasteiger partial charge < -0.3 is 29.1 Å². The molecule has 0 saturated heterocycles.